The lowest BCUT2D eigenvalue weighted by Crippen LogP contribution is -2.22. The van der Waals surface area contributed by atoms with Gasteiger partial charge in [0.1, 0.15) is 30.5 Å². The van der Waals surface area contributed by atoms with Crippen molar-refractivity contribution in [2.45, 2.75) is 20.3 Å². The molecule has 1 amide bonds. The second-order valence-corrected chi connectivity index (χ2v) is 7.97. The zero-order chi connectivity index (χ0) is 23.3. The van der Waals surface area contributed by atoms with Crippen LogP contribution in [0, 0.1) is 5.92 Å². The highest BCUT2D eigenvalue weighted by Crippen LogP contribution is 2.24. The Kier molecular flexibility index (Phi) is 9.45. The number of para-hydroxylation sites is 3. The third-order valence-corrected chi connectivity index (χ3v) is 4.76. The summed E-state index contributed by atoms with van der Waals surface area (Å²) in [6.07, 6.45) is 0.986. The highest BCUT2D eigenvalue weighted by Gasteiger charge is 2.07. The standard InChI is InChI=1S/C27H32N2O4/c1-21(2)15-16-31-24-12-8-9-22(19-24)29-27(30)20-28-25-13-6-7-14-26(25)33-18-17-32-23-10-4-3-5-11-23/h3-14,19,21,28H,15-18,20H2,1-2H3,(H,29,30). The molecule has 2 N–H and O–H groups in total. The summed E-state index contributed by atoms with van der Waals surface area (Å²) in [6.45, 7) is 5.91. The third-order valence-electron chi connectivity index (χ3n) is 4.76. The molecule has 0 aliphatic carbocycles. The maximum Gasteiger partial charge on any atom is 0.243 e. The minimum absolute atomic E-state index is 0.110. The van der Waals surface area contributed by atoms with E-state index in [0.717, 1.165) is 23.6 Å². The van der Waals surface area contributed by atoms with Crippen molar-refractivity contribution in [2.24, 2.45) is 5.92 Å². The van der Waals surface area contributed by atoms with E-state index in [2.05, 4.69) is 24.5 Å². The van der Waals surface area contributed by atoms with Crippen LogP contribution in [0.25, 0.3) is 0 Å². The van der Waals surface area contributed by atoms with Crippen LogP contribution in [0.15, 0.2) is 78.9 Å². The average molecular weight is 449 g/mol. The summed E-state index contributed by atoms with van der Waals surface area (Å²) in [5.41, 5.74) is 1.45. The Hall–Kier alpha value is -3.67. The van der Waals surface area contributed by atoms with Crippen LogP contribution in [0.3, 0.4) is 0 Å². The smallest absolute Gasteiger partial charge is 0.243 e. The predicted molar refractivity (Wildman–Crippen MR) is 132 cm³/mol. The van der Waals surface area contributed by atoms with Crippen LogP contribution in [-0.4, -0.2) is 32.3 Å². The van der Waals surface area contributed by atoms with Crippen LogP contribution in [0.4, 0.5) is 11.4 Å². The van der Waals surface area contributed by atoms with Crippen molar-refractivity contribution < 1.29 is 19.0 Å². The van der Waals surface area contributed by atoms with Crippen LogP contribution >= 0.6 is 0 Å². The first-order chi connectivity index (χ1) is 16.1. The van der Waals surface area contributed by atoms with Crippen molar-refractivity contribution >= 4 is 17.3 Å². The Morgan fingerprint density at radius 2 is 1.48 bits per heavy atom. The van der Waals surface area contributed by atoms with E-state index >= 15 is 0 Å². The quantitative estimate of drug-likeness (QED) is 0.332. The number of hydrogen-bond acceptors (Lipinski definition) is 5. The molecule has 0 heterocycles. The monoisotopic (exact) mass is 448 g/mol. The molecule has 0 atom stereocenters. The first kappa shape index (κ1) is 24.0. The number of nitrogens with one attached hydrogen (secondary N) is 2. The van der Waals surface area contributed by atoms with Gasteiger partial charge in [0, 0.05) is 11.8 Å². The molecule has 3 aromatic rings. The van der Waals surface area contributed by atoms with E-state index in [1.54, 1.807) is 0 Å². The van der Waals surface area contributed by atoms with E-state index in [0.29, 0.717) is 37.2 Å². The van der Waals surface area contributed by atoms with E-state index in [-0.39, 0.29) is 12.5 Å². The maximum absolute atomic E-state index is 12.5. The highest BCUT2D eigenvalue weighted by atomic mass is 16.5. The number of amides is 1. The molecule has 6 nitrogen and oxygen atoms in total. The van der Waals surface area contributed by atoms with Gasteiger partial charge in [-0.3, -0.25) is 4.79 Å². The van der Waals surface area contributed by atoms with E-state index in [1.165, 1.54) is 0 Å². The second-order valence-electron chi connectivity index (χ2n) is 7.97. The van der Waals surface area contributed by atoms with Gasteiger partial charge in [0.25, 0.3) is 0 Å². The number of anilines is 2. The summed E-state index contributed by atoms with van der Waals surface area (Å²) in [6, 6.07) is 24.6. The van der Waals surface area contributed by atoms with Gasteiger partial charge in [-0.15, -0.1) is 0 Å². The number of benzene rings is 3. The molecule has 0 fully saturated rings. The molecule has 0 saturated carbocycles. The third kappa shape index (κ3) is 8.77. The van der Waals surface area contributed by atoms with Gasteiger partial charge in [-0.2, -0.15) is 0 Å². The molecule has 174 valence electrons. The van der Waals surface area contributed by atoms with Gasteiger partial charge in [0.05, 0.1) is 18.8 Å². The summed E-state index contributed by atoms with van der Waals surface area (Å²) in [5.74, 6) is 2.65. The van der Waals surface area contributed by atoms with E-state index in [1.807, 2.05) is 78.9 Å². The molecule has 0 spiro atoms. The van der Waals surface area contributed by atoms with Gasteiger partial charge in [-0.05, 0) is 48.7 Å². The summed E-state index contributed by atoms with van der Waals surface area (Å²) in [4.78, 5) is 12.5. The lowest BCUT2D eigenvalue weighted by molar-refractivity contribution is -0.114. The Morgan fingerprint density at radius 3 is 2.30 bits per heavy atom. The van der Waals surface area contributed by atoms with Crippen LogP contribution in [0.5, 0.6) is 17.2 Å². The molecule has 3 rings (SSSR count). The van der Waals surface area contributed by atoms with Crippen molar-refractivity contribution in [3.8, 4) is 17.2 Å². The molecule has 0 radical (unpaired) electrons. The van der Waals surface area contributed by atoms with Crippen molar-refractivity contribution in [1.29, 1.82) is 0 Å². The molecule has 0 aliphatic rings. The topological polar surface area (TPSA) is 68.8 Å². The maximum atomic E-state index is 12.5. The van der Waals surface area contributed by atoms with E-state index in [4.69, 9.17) is 14.2 Å². The number of carbonyl (C=O) groups excluding carboxylic acids is 1. The van der Waals surface area contributed by atoms with E-state index in [9.17, 15) is 4.79 Å². The van der Waals surface area contributed by atoms with Crippen molar-refractivity contribution in [2.75, 3.05) is 37.0 Å². The summed E-state index contributed by atoms with van der Waals surface area (Å²) in [5, 5.41) is 6.04. The SMILES string of the molecule is CC(C)CCOc1cccc(NC(=O)CNc2ccccc2OCCOc2ccccc2)c1. The second kappa shape index (κ2) is 13.0. The lowest BCUT2D eigenvalue weighted by atomic mass is 10.1. The predicted octanol–water partition coefficient (Wildman–Crippen LogP) is 5.62. The van der Waals surface area contributed by atoms with Gasteiger partial charge in [-0.1, -0.05) is 50.2 Å². The molecule has 0 aromatic heterocycles. The van der Waals surface area contributed by atoms with Gasteiger partial charge in [0.2, 0.25) is 5.91 Å². The fourth-order valence-electron chi connectivity index (χ4n) is 3.02. The van der Waals surface area contributed by atoms with Gasteiger partial charge < -0.3 is 24.8 Å². The zero-order valence-electron chi connectivity index (χ0n) is 19.3. The van der Waals surface area contributed by atoms with Crippen molar-refractivity contribution in [1.82, 2.24) is 0 Å². The molecular formula is C27H32N2O4. The first-order valence-electron chi connectivity index (χ1n) is 11.3. The molecule has 6 heteroatoms. The normalized spacial score (nSPS) is 10.5. The molecule has 0 aliphatic heterocycles. The number of carbonyl (C=O) groups is 1. The van der Waals surface area contributed by atoms with E-state index < -0.39 is 0 Å². The van der Waals surface area contributed by atoms with Gasteiger partial charge in [-0.25, -0.2) is 0 Å². The van der Waals surface area contributed by atoms with Crippen LogP contribution in [0.1, 0.15) is 20.3 Å². The Balaban J connectivity index is 1.44. The highest BCUT2D eigenvalue weighted by molar-refractivity contribution is 5.94. The van der Waals surface area contributed by atoms with Crippen LogP contribution in [0.2, 0.25) is 0 Å². The molecule has 0 saturated heterocycles. The van der Waals surface area contributed by atoms with Crippen molar-refractivity contribution in [3.63, 3.8) is 0 Å². The molecule has 33 heavy (non-hydrogen) atoms. The number of hydrogen-bond donors (Lipinski definition) is 2. The number of ether oxygens (including phenoxy) is 3. The van der Waals surface area contributed by atoms with Crippen molar-refractivity contribution in [3.05, 3.63) is 78.9 Å². The minimum atomic E-state index is -0.156. The molecular weight excluding hydrogens is 416 g/mol. The Morgan fingerprint density at radius 1 is 0.788 bits per heavy atom. The van der Waals surface area contributed by atoms with Crippen LogP contribution in [-0.2, 0) is 4.79 Å². The summed E-state index contributed by atoms with van der Waals surface area (Å²) in [7, 11) is 0. The van der Waals surface area contributed by atoms with Gasteiger partial charge in [0.15, 0.2) is 0 Å². The Bertz CT molecular complexity index is 992. The fraction of sp³-hybridized carbons (Fsp3) is 0.296. The summed E-state index contributed by atoms with van der Waals surface area (Å²) >= 11 is 0. The lowest BCUT2D eigenvalue weighted by Gasteiger charge is -2.14. The largest absolute Gasteiger partial charge is 0.494 e. The van der Waals surface area contributed by atoms with Crippen LogP contribution < -0.4 is 24.8 Å². The molecule has 0 bridgehead atoms. The fourth-order valence-corrected chi connectivity index (χ4v) is 3.02. The molecule has 3 aromatic carbocycles. The number of rotatable bonds is 13. The molecule has 0 unspecified atom stereocenters. The Labute approximate surface area is 195 Å². The average Bonchev–Trinajstić information content (AvgIpc) is 2.82. The van der Waals surface area contributed by atoms with Gasteiger partial charge >= 0.3 is 0 Å². The minimum Gasteiger partial charge on any atom is -0.494 e. The first-order valence-corrected chi connectivity index (χ1v) is 11.3. The zero-order valence-corrected chi connectivity index (χ0v) is 19.3. The summed E-state index contributed by atoms with van der Waals surface area (Å²) < 4.78 is 17.3.